The van der Waals surface area contributed by atoms with E-state index in [0.29, 0.717) is 29.5 Å². The van der Waals surface area contributed by atoms with Crippen LogP contribution >= 0.6 is 15.9 Å². The third-order valence-corrected chi connectivity index (χ3v) is 3.28. The molecule has 0 fully saturated rings. The molecule has 1 N–H and O–H groups in total. The van der Waals surface area contributed by atoms with E-state index in [-0.39, 0.29) is 0 Å². The van der Waals surface area contributed by atoms with Crippen molar-refractivity contribution in [3.8, 4) is 11.6 Å². The first-order chi connectivity index (χ1) is 8.78. The maximum Gasteiger partial charge on any atom is 0.197 e. The number of hydrogen-bond acceptors (Lipinski definition) is 5. The smallest absolute Gasteiger partial charge is 0.197 e. The SMILES string of the molecule is CNc1nc(-c2ccc(Br)o2)nc2c1COCC2. The number of fused-ring (bicyclic) bond motifs is 1. The van der Waals surface area contributed by atoms with Gasteiger partial charge >= 0.3 is 0 Å². The Labute approximate surface area is 113 Å². The fourth-order valence-electron chi connectivity index (χ4n) is 1.98. The Morgan fingerprint density at radius 1 is 1.33 bits per heavy atom. The molecule has 0 bridgehead atoms. The van der Waals surface area contributed by atoms with Crippen LogP contribution in [0.4, 0.5) is 5.82 Å². The second kappa shape index (κ2) is 4.70. The average molecular weight is 310 g/mol. The lowest BCUT2D eigenvalue weighted by molar-refractivity contribution is 0.109. The first-order valence-corrected chi connectivity index (χ1v) is 6.48. The van der Waals surface area contributed by atoms with Crippen LogP contribution in [0.5, 0.6) is 0 Å². The van der Waals surface area contributed by atoms with Crippen LogP contribution in [0.3, 0.4) is 0 Å². The van der Waals surface area contributed by atoms with E-state index in [4.69, 9.17) is 9.15 Å². The summed E-state index contributed by atoms with van der Waals surface area (Å²) in [6.07, 6.45) is 0.807. The van der Waals surface area contributed by atoms with Gasteiger partial charge in [0.25, 0.3) is 0 Å². The van der Waals surface area contributed by atoms with Crippen molar-refractivity contribution in [3.63, 3.8) is 0 Å². The van der Waals surface area contributed by atoms with Crippen LogP contribution in [-0.4, -0.2) is 23.6 Å². The maximum absolute atomic E-state index is 5.49. The van der Waals surface area contributed by atoms with Gasteiger partial charge in [0.2, 0.25) is 0 Å². The molecular weight excluding hydrogens is 298 g/mol. The Balaban J connectivity index is 2.11. The number of nitrogens with one attached hydrogen (secondary N) is 1. The van der Waals surface area contributed by atoms with Crippen LogP contribution in [0, 0.1) is 0 Å². The van der Waals surface area contributed by atoms with Crippen molar-refractivity contribution in [2.45, 2.75) is 13.0 Å². The summed E-state index contributed by atoms with van der Waals surface area (Å²) in [6, 6.07) is 3.69. The highest BCUT2D eigenvalue weighted by Gasteiger charge is 2.19. The number of aromatic nitrogens is 2. The van der Waals surface area contributed by atoms with Crippen LogP contribution in [0.25, 0.3) is 11.6 Å². The lowest BCUT2D eigenvalue weighted by Crippen LogP contribution is -2.16. The average Bonchev–Trinajstić information content (AvgIpc) is 2.84. The summed E-state index contributed by atoms with van der Waals surface area (Å²) in [5, 5.41) is 3.09. The minimum absolute atomic E-state index is 0.563. The molecule has 94 valence electrons. The van der Waals surface area contributed by atoms with Gasteiger partial charge in [-0.1, -0.05) is 0 Å². The molecule has 6 heteroatoms. The standard InChI is InChI=1S/C12H12BrN3O2/c1-14-11-7-6-17-5-4-8(7)15-12(16-11)9-2-3-10(13)18-9/h2-3H,4-6H2,1H3,(H,14,15,16). The molecule has 2 aromatic rings. The van der Waals surface area contributed by atoms with Crippen molar-refractivity contribution in [1.82, 2.24) is 9.97 Å². The van der Waals surface area contributed by atoms with Gasteiger partial charge in [-0.2, -0.15) is 0 Å². The fraction of sp³-hybridized carbons (Fsp3) is 0.333. The Morgan fingerprint density at radius 3 is 2.94 bits per heavy atom. The number of ether oxygens (including phenoxy) is 1. The van der Waals surface area contributed by atoms with E-state index in [2.05, 4.69) is 31.2 Å². The highest BCUT2D eigenvalue weighted by molar-refractivity contribution is 9.10. The Kier molecular flexibility index (Phi) is 3.05. The Bertz CT molecular complexity index is 565. The van der Waals surface area contributed by atoms with E-state index < -0.39 is 0 Å². The summed E-state index contributed by atoms with van der Waals surface area (Å²) < 4.78 is 11.6. The largest absolute Gasteiger partial charge is 0.446 e. The molecular formula is C12H12BrN3O2. The Morgan fingerprint density at radius 2 is 2.22 bits per heavy atom. The number of nitrogens with zero attached hydrogens (tertiary/aromatic N) is 2. The van der Waals surface area contributed by atoms with Crippen molar-refractivity contribution in [2.75, 3.05) is 19.0 Å². The quantitative estimate of drug-likeness (QED) is 0.924. The lowest BCUT2D eigenvalue weighted by Gasteiger charge is -2.18. The van der Waals surface area contributed by atoms with Crippen molar-refractivity contribution in [2.24, 2.45) is 0 Å². The molecule has 0 aliphatic carbocycles. The van der Waals surface area contributed by atoms with E-state index in [0.717, 1.165) is 23.5 Å². The van der Waals surface area contributed by atoms with Crippen LogP contribution in [0.15, 0.2) is 21.2 Å². The molecule has 0 amide bonds. The molecule has 0 unspecified atom stereocenters. The van der Waals surface area contributed by atoms with E-state index in [1.165, 1.54) is 0 Å². The molecule has 0 atom stereocenters. The topological polar surface area (TPSA) is 60.2 Å². The summed E-state index contributed by atoms with van der Waals surface area (Å²) in [5.41, 5.74) is 2.07. The Hall–Kier alpha value is -1.40. The first-order valence-electron chi connectivity index (χ1n) is 5.69. The molecule has 0 spiro atoms. The monoisotopic (exact) mass is 309 g/mol. The van der Waals surface area contributed by atoms with Gasteiger partial charge in [0.05, 0.1) is 18.9 Å². The van der Waals surface area contributed by atoms with Crippen molar-refractivity contribution < 1.29 is 9.15 Å². The van der Waals surface area contributed by atoms with E-state index in [1.807, 2.05) is 19.2 Å². The molecule has 2 aromatic heterocycles. The van der Waals surface area contributed by atoms with Crippen LogP contribution in [-0.2, 0) is 17.8 Å². The molecule has 0 saturated heterocycles. The van der Waals surface area contributed by atoms with Gasteiger partial charge in [-0.05, 0) is 28.1 Å². The molecule has 5 nitrogen and oxygen atoms in total. The predicted octanol–water partition coefficient (Wildman–Crippen LogP) is 2.61. The van der Waals surface area contributed by atoms with Gasteiger partial charge in [-0.25, -0.2) is 9.97 Å². The summed E-state index contributed by atoms with van der Waals surface area (Å²) in [6.45, 7) is 1.27. The summed E-state index contributed by atoms with van der Waals surface area (Å²) >= 11 is 3.28. The van der Waals surface area contributed by atoms with Gasteiger partial charge in [-0.3, -0.25) is 0 Å². The van der Waals surface area contributed by atoms with Crippen LogP contribution in [0.2, 0.25) is 0 Å². The highest BCUT2D eigenvalue weighted by atomic mass is 79.9. The fourth-order valence-corrected chi connectivity index (χ4v) is 2.29. The lowest BCUT2D eigenvalue weighted by atomic mass is 10.1. The number of anilines is 1. The number of rotatable bonds is 2. The summed E-state index contributed by atoms with van der Waals surface area (Å²) in [4.78, 5) is 9.03. The normalized spacial score (nSPS) is 14.3. The third-order valence-electron chi connectivity index (χ3n) is 2.85. The predicted molar refractivity (Wildman–Crippen MR) is 70.3 cm³/mol. The molecule has 0 aromatic carbocycles. The summed E-state index contributed by atoms with van der Waals surface area (Å²) in [5.74, 6) is 2.07. The van der Waals surface area contributed by atoms with E-state index in [1.54, 1.807) is 0 Å². The zero-order valence-corrected chi connectivity index (χ0v) is 11.5. The molecule has 0 radical (unpaired) electrons. The molecule has 0 saturated carbocycles. The van der Waals surface area contributed by atoms with Crippen molar-refractivity contribution >= 4 is 21.7 Å². The third kappa shape index (κ3) is 2.02. The number of halogens is 1. The second-order valence-electron chi connectivity index (χ2n) is 3.98. The first kappa shape index (κ1) is 11.7. The van der Waals surface area contributed by atoms with E-state index in [9.17, 15) is 0 Å². The molecule has 3 rings (SSSR count). The zero-order valence-electron chi connectivity index (χ0n) is 9.86. The molecule has 1 aliphatic rings. The van der Waals surface area contributed by atoms with Gasteiger partial charge in [0.15, 0.2) is 16.3 Å². The van der Waals surface area contributed by atoms with Gasteiger partial charge in [0.1, 0.15) is 5.82 Å². The highest BCUT2D eigenvalue weighted by Crippen LogP contribution is 2.27. The minimum atomic E-state index is 0.563. The molecule has 18 heavy (non-hydrogen) atoms. The number of furan rings is 1. The van der Waals surface area contributed by atoms with Crippen molar-refractivity contribution in [1.29, 1.82) is 0 Å². The van der Waals surface area contributed by atoms with Crippen LogP contribution in [0.1, 0.15) is 11.3 Å². The second-order valence-corrected chi connectivity index (χ2v) is 4.76. The van der Waals surface area contributed by atoms with Gasteiger partial charge in [0, 0.05) is 19.0 Å². The van der Waals surface area contributed by atoms with E-state index >= 15 is 0 Å². The minimum Gasteiger partial charge on any atom is -0.446 e. The van der Waals surface area contributed by atoms with Gasteiger partial charge in [-0.15, -0.1) is 0 Å². The van der Waals surface area contributed by atoms with Gasteiger partial charge < -0.3 is 14.5 Å². The molecule has 1 aliphatic heterocycles. The summed E-state index contributed by atoms with van der Waals surface area (Å²) in [7, 11) is 1.85. The number of hydrogen-bond donors (Lipinski definition) is 1. The zero-order chi connectivity index (χ0) is 12.5. The van der Waals surface area contributed by atoms with Crippen LogP contribution < -0.4 is 5.32 Å². The molecule has 3 heterocycles. The van der Waals surface area contributed by atoms with Crippen molar-refractivity contribution in [3.05, 3.63) is 28.1 Å². The maximum atomic E-state index is 5.49.